The number of ether oxygens (including phenoxy) is 2. The molecule has 2 rings (SSSR count). The van der Waals surface area contributed by atoms with Crippen LogP contribution in [-0.2, 0) is 4.74 Å². The highest BCUT2D eigenvalue weighted by molar-refractivity contribution is 5.96. The summed E-state index contributed by atoms with van der Waals surface area (Å²) in [6, 6.07) is 7.37. The van der Waals surface area contributed by atoms with Crippen molar-refractivity contribution in [3.8, 4) is 5.75 Å². The molecule has 1 atom stereocenters. The van der Waals surface area contributed by atoms with Crippen LogP contribution in [0.2, 0.25) is 0 Å². The molecule has 0 spiro atoms. The number of hydrogen-bond acceptors (Lipinski definition) is 5. The summed E-state index contributed by atoms with van der Waals surface area (Å²) in [6.07, 6.45) is 0.244. The van der Waals surface area contributed by atoms with E-state index in [9.17, 15) is 4.79 Å². The SMILES string of the molecule is CC(=O)c1ccccc1OCCN(C)CC1CNCCO1. The van der Waals surface area contributed by atoms with Crippen molar-refractivity contribution >= 4 is 5.78 Å². The molecule has 5 nitrogen and oxygen atoms in total. The second-order valence-corrected chi connectivity index (χ2v) is 5.36. The van der Waals surface area contributed by atoms with Crippen LogP contribution in [0.25, 0.3) is 0 Å². The van der Waals surface area contributed by atoms with E-state index >= 15 is 0 Å². The molecule has 1 aromatic carbocycles. The van der Waals surface area contributed by atoms with Gasteiger partial charge in [-0.1, -0.05) is 12.1 Å². The second-order valence-electron chi connectivity index (χ2n) is 5.36. The van der Waals surface area contributed by atoms with Crippen LogP contribution in [0.1, 0.15) is 17.3 Å². The van der Waals surface area contributed by atoms with E-state index in [0.717, 1.165) is 32.8 Å². The lowest BCUT2D eigenvalue weighted by Gasteiger charge is -2.28. The van der Waals surface area contributed by atoms with E-state index in [1.54, 1.807) is 13.0 Å². The van der Waals surface area contributed by atoms with Crippen LogP contribution in [0, 0.1) is 0 Å². The third kappa shape index (κ3) is 5.12. The van der Waals surface area contributed by atoms with Gasteiger partial charge in [0.05, 0.1) is 18.3 Å². The Labute approximate surface area is 126 Å². The number of hydrogen-bond donors (Lipinski definition) is 1. The first kappa shape index (κ1) is 15.9. The molecule has 5 heteroatoms. The molecule has 0 saturated carbocycles. The van der Waals surface area contributed by atoms with Gasteiger partial charge in [-0.15, -0.1) is 0 Å². The molecule has 1 unspecified atom stereocenters. The fourth-order valence-electron chi connectivity index (χ4n) is 2.37. The largest absolute Gasteiger partial charge is 0.491 e. The highest BCUT2D eigenvalue weighted by Gasteiger charge is 2.15. The van der Waals surface area contributed by atoms with Gasteiger partial charge in [0.2, 0.25) is 0 Å². The number of carbonyl (C=O) groups is 1. The molecule has 21 heavy (non-hydrogen) atoms. The first-order valence-electron chi connectivity index (χ1n) is 7.40. The van der Waals surface area contributed by atoms with E-state index in [1.165, 1.54) is 0 Å². The van der Waals surface area contributed by atoms with E-state index in [0.29, 0.717) is 17.9 Å². The minimum atomic E-state index is 0.0284. The lowest BCUT2D eigenvalue weighted by molar-refractivity contribution is 0.00847. The monoisotopic (exact) mass is 292 g/mol. The zero-order chi connectivity index (χ0) is 15.1. The number of nitrogens with zero attached hydrogens (tertiary/aromatic N) is 1. The average molecular weight is 292 g/mol. The Morgan fingerprint density at radius 2 is 2.29 bits per heavy atom. The molecule has 1 aliphatic rings. The number of morpholine rings is 1. The van der Waals surface area contributed by atoms with Crippen molar-refractivity contribution in [1.29, 1.82) is 0 Å². The molecule has 0 aliphatic carbocycles. The molecular formula is C16H24N2O3. The third-order valence-corrected chi connectivity index (χ3v) is 3.52. The van der Waals surface area contributed by atoms with Gasteiger partial charge in [0, 0.05) is 26.2 Å². The molecule has 1 heterocycles. The number of Topliss-reactive ketones (excluding diaryl/α,β-unsaturated/α-hetero) is 1. The van der Waals surface area contributed by atoms with Gasteiger partial charge in [0.15, 0.2) is 5.78 Å². The molecule has 1 saturated heterocycles. The molecule has 0 bridgehead atoms. The fraction of sp³-hybridized carbons (Fsp3) is 0.562. The molecule has 1 fully saturated rings. The number of nitrogens with one attached hydrogen (secondary N) is 1. The van der Waals surface area contributed by atoms with Crippen molar-refractivity contribution < 1.29 is 14.3 Å². The van der Waals surface area contributed by atoms with Crippen molar-refractivity contribution in [2.24, 2.45) is 0 Å². The Kier molecular flexibility index (Phi) is 6.17. The number of para-hydroxylation sites is 1. The number of ketones is 1. The van der Waals surface area contributed by atoms with Gasteiger partial charge < -0.3 is 19.7 Å². The fourth-order valence-corrected chi connectivity index (χ4v) is 2.37. The summed E-state index contributed by atoms with van der Waals surface area (Å²) in [4.78, 5) is 13.7. The van der Waals surface area contributed by atoms with Crippen LogP contribution in [-0.4, -0.2) is 63.2 Å². The van der Waals surface area contributed by atoms with Gasteiger partial charge in [-0.05, 0) is 26.1 Å². The third-order valence-electron chi connectivity index (χ3n) is 3.52. The Morgan fingerprint density at radius 3 is 3.00 bits per heavy atom. The van der Waals surface area contributed by atoms with E-state index < -0.39 is 0 Å². The van der Waals surface area contributed by atoms with E-state index in [2.05, 4.69) is 17.3 Å². The molecule has 0 radical (unpaired) electrons. The maximum absolute atomic E-state index is 11.5. The van der Waals surface area contributed by atoms with Crippen LogP contribution in [0.4, 0.5) is 0 Å². The van der Waals surface area contributed by atoms with Gasteiger partial charge >= 0.3 is 0 Å². The summed E-state index contributed by atoms with van der Waals surface area (Å²) < 4.78 is 11.4. The van der Waals surface area contributed by atoms with Crippen LogP contribution in [0.15, 0.2) is 24.3 Å². The summed E-state index contributed by atoms with van der Waals surface area (Å²) in [5.41, 5.74) is 0.639. The standard InChI is InChI=1S/C16H24N2O3/c1-13(19)15-5-3-4-6-16(15)21-10-8-18(2)12-14-11-17-7-9-20-14/h3-6,14,17H,7-12H2,1-2H3. The predicted molar refractivity (Wildman–Crippen MR) is 82.0 cm³/mol. The summed E-state index contributed by atoms with van der Waals surface area (Å²) in [6.45, 7) is 6.41. The molecular weight excluding hydrogens is 268 g/mol. The van der Waals surface area contributed by atoms with Gasteiger partial charge in [-0.25, -0.2) is 0 Å². The van der Waals surface area contributed by atoms with Crippen molar-refractivity contribution in [2.45, 2.75) is 13.0 Å². The topological polar surface area (TPSA) is 50.8 Å². The van der Waals surface area contributed by atoms with Gasteiger partial charge in [-0.2, -0.15) is 0 Å². The van der Waals surface area contributed by atoms with E-state index in [1.807, 2.05) is 18.2 Å². The number of carbonyl (C=O) groups excluding carboxylic acids is 1. The van der Waals surface area contributed by atoms with Crippen LogP contribution in [0.5, 0.6) is 5.75 Å². The first-order chi connectivity index (χ1) is 10.2. The van der Waals surface area contributed by atoms with Crippen LogP contribution in [0.3, 0.4) is 0 Å². The molecule has 1 aliphatic heterocycles. The second kappa shape index (κ2) is 8.12. The Bertz CT molecular complexity index is 459. The minimum absolute atomic E-state index is 0.0284. The maximum atomic E-state index is 11.5. The van der Waals surface area contributed by atoms with Crippen molar-refractivity contribution in [2.75, 3.05) is 46.4 Å². The molecule has 1 N–H and O–H groups in total. The first-order valence-corrected chi connectivity index (χ1v) is 7.40. The lowest BCUT2D eigenvalue weighted by atomic mass is 10.1. The molecule has 1 aromatic rings. The Hall–Kier alpha value is -1.43. The molecule has 0 amide bonds. The van der Waals surface area contributed by atoms with Crippen molar-refractivity contribution in [3.63, 3.8) is 0 Å². The Morgan fingerprint density at radius 1 is 1.48 bits per heavy atom. The zero-order valence-corrected chi connectivity index (χ0v) is 12.8. The summed E-state index contributed by atoms with van der Waals surface area (Å²) in [5, 5.41) is 3.32. The van der Waals surface area contributed by atoms with Crippen LogP contribution >= 0.6 is 0 Å². The summed E-state index contributed by atoms with van der Waals surface area (Å²) in [7, 11) is 2.05. The van der Waals surface area contributed by atoms with Crippen LogP contribution < -0.4 is 10.1 Å². The summed E-state index contributed by atoms with van der Waals surface area (Å²) >= 11 is 0. The normalized spacial score (nSPS) is 18.7. The Balaban J connectivity index is 1.74. The predicted octanol–water partition coefficient (Wildman–Crippen LogP) is 1.19. The number of benzene rings is 1. The number of likely N-dealkylation sites (N-methyl/N-ethyl adjacent to an activating group) is 1. The zero-order valence-electron chi connectivity index (χ0n) is 12.8. The van der Waals surface area contributed by atoms with Crippen molar-refractivity contribution in [3.05, 3.63) is 29.8 Å². The average Bonchev–Trinajstić information content (AvgIpc) is 2.48. The minimum Gasteiger partial charge on any atom is -0.491 e. The quantitative estimate of drug-likeness (QED) is 0.765. The van der Waals surface area contributed by atoms with Gasteiger partial charge in [0.1, 0.15) is 12.4 Å². The maximum Gasteiger partial charge on any atom is 0.163 e. The highest BCUT2D eigenvalue weighted by Crippen LogP contribution is 2.18. The van der Waals surface area contributed by atoms with E-state index in [-0.39, 0.29) is 11.9 Å². The molecule has 116 valence electrons. The van der Waals surface area contributed by atoms with E-state index in [4.69, 9.17) is 9.47 Å². The van der Waals surface area contributed by atoms with Gasteiger partial charge in [-0.3, -0.25) is 4.79 Å². The summed E-state index contributed by atoms with van der Waals surface area (Å²) in [5.74, 6) is 0.689. The number of rotatable bonds is 7. The smallest absolute Gasteiger partial charge is 0.163 e. The highest BCUT2D eigenvalue weighted by atomic mass is 16.5. The lowest BCUT2D eigenvalue weighted by Crippen LogP contribution is -2.45. The van der Waals surface area contributed by atoms with Gasteiger partial charge in [0.25, 0.3) is 0 Å². The van der Waals surface area contributed by atoms with Crippen molar-refractivity contribution in [1.82, 2.24) is 10.2 Å². The molecule has 0 aromatic heterocycles.